The maximum Gasteiger partial charge on any atom is 0.254 e. The van der Waals surface area contributed by atoms with Crippen LogP contribution in [0.1, 0.15) is 24.2 Å². The van der Waals surface area contributed by atoms with Crippen molar-refractivity contribution in [1.82, 2.24) is 14.7 Å². The van der Waals surface area contributed by atoms with Crippen LogP contribution in [-0.2, 0) is 14.2 Å². The van der Waals surface area contributed by atoms with Crippen LogP contribution in [0.4, 0.5) is 0 Å². The molecule has 0 bridgehead atoms. The van der Waals surface area contributed by atoms with Gasteiger partial charge < -0.3 is 29.0 Å². The minimum Gasteiger partial charge on any atom is -0.497 e. The Morgan fingerprint density at radius 3 is 2.71 bits per heavy atom. The molecule has 9 heteroatoms. The van der Waals surface area contributed by atoms with Crippen molar-refractivity contribution in [1.29, 1.82) is 0 Å². The topological polar surface area (TPSA) is 83.9 Å². The lowest BCUT2D eigenvalue weighted by atomic mass is 10.1. The molecule has 2 heterocycles. The fourth-order valence-electron chi connectivity index (χ4n) is 4.26. The molecule has 0 radical (unpaired) electrons. The van der Waals surface area contributed by atoms with Crippen LogP contribution in [0.3, 0.4) is 0 Å². The molecule has 1 aromatic rings. The lowest BCUT2D eigenvalue weighted by molar-refractivity contribution is -0.0633. The first-order valence-electron chi connectivity index (χ1n) is 12.3. The number of rotatable bonds is 12. The zero-order valence-electron chi connectivity index (χ0n) is 20.9. The zero-order valence-corrected chi connectivity index (χ0v) is 20.9. The van der Waals surface area contributed by atoms with Gasteiger partial charge in [0.15, 0.2) is 0 Å². The number of morpholine rings is 2. The summed E-state index contributed by atoms with van der Waals surface area (Å²) in [6.45, 7) is 11.9. The maximum absolute atomic E-state index is 13.5. The van der Waals surface area contributed by atoms with Gasteiger partial charge in [0.2, 0.25) is 0 Å². The monoisotopic (exact) mass is 479 g/mol. The molecule has 1 N–H and O–H groups in total. The fourth-order valence-corrected chi connectivity index (χ4v) is 4.26. The molecule has 192 valence electrons. The smallest absolute Gasteiger partial charge is 0.254 e. The summed E-state index contributed by atoms with van der Waals surface area (Å²) < 4.78 is 22.3. The van der Waals surface area contributed by atoms with E-state index in [0.29, 0.717) is 50.7 Å². The highest BCUT2D eigenvalue weighted by molar-refractivity contribution is 5.94. The largest absolute Gasteiger partial charge is 0.497 e. The number of carbonyl (C=O) groups excluding carboxylic acids is 1. The van der Waals surface area contributed by atoms with E-state index < -0.39 is 6.10 Å². The van der Waals surface area contributed by atoms with Crippen molar-refractivity contribution in [3.05, 3.63) is 29.8 Å². The van der Waals surface area contributed by atoms with Crippen LogP contribution in [-0.4, -0.2) is 130 Å². The van der Waals surface area contributed by atoms with E-state index in [9.17, 15) is 9.90 Å². The van der Waals surface area contributed by atoms with E-state index in [-0.39, 0.29) is 18.1 Å². The molecule has 0 spiro atoms. The molecular formula is C25H41N3O6. The Morgan fingerprint density at radius 2 is 1.97 bits per heavy atom. The van der Waals surface area contributed by atoms with Crippen molar-refractivity contribution < 1.29 is 28.8 Å². The summed E-state index contributed by atoms with van der Waals surface area (Å²) in [5, 5.41) is 10.3. The molecule has 3 rings (SSSR count). The van der Waals surface area contributed by atoms with Gasteiger partial charge in [0.25, 0.3) is 5.91 Å². The van der Waals surface area contributed by atoms with Gasteiger partial charge in [-0.15, -0.1) is 0 Å². The quantitative estimate of drug-likeness (QED) is 0.475. The molecule has 1 aromatic carbocycles. The number of β-amino-alcohol motifs (C(OH)–C–C–N with tert-alkyl or cyclic N) is 1. The molecule has 2 fully saturated rings. The third kappa shape index (κ3) is 8.79. The average Bonchev–Trinajstić information content (AvgIpc) is 2.85. The highest BCUT2D eigenvalue weighted by atomic mass is 16.5. The van der Waals surface area contributed by atoms with E-state index >= 15 is 0 Å². The highest BCUT2D eigenvalue weighted by Crippen LogP contribution is 2.16. The average molecular weight is 480 g/mol. The lowest BCUT2D eigenvalue weighted by Gasteiger charge is -2.37. The van der Waals surface area contributed by atoms with Crippen molar-refractivity contribution in [2.75, 3.05) is 85.9 Å². The third-order valence-electron chi connectivity index (χ3n) is 6.13. The number of ether oxygens (including phenoxy) is 4. The molecule has 2 aliphatic rings. The molecule has 0 aromatic heterocycles. The van der Waals surface area contributed by atoms with Crippen LogP contribution >= 0.6 is 0 Å². The van der Waals surface area contributed by atoms with Crippen molar-refractivity contribution in [3.8, 4) is 5.75 Å². The number of aliphatic hydroxyl groups is 1. The second-order valence-electron chi connectivity index (χ2n) is 9.23. The molecule has 0 saturated carbocycles. The molecule has 0 unspecified atom stereocenters. The van der Waals surface area contributed by atoms with Gasteiger partial charge in [0, 0.05) is 57.9 Å². The van der Waals surface area contributed by atoms with Gasteiger partial charge in [-0.2, -0.15) is 0 Å². The number of nitrogens with zero attached hydrogens (tertiary/aromatic N) is 3. The number of aliphatic hydroxyl groups excluding tert-OH is 1. The van der Waals surface area contributed by atoms with Crippen molar-refractivity contribution >= 4 is 5.91 Å². The van der Waals surface area contributed by atoms with Crippen molar-refractivity contribution in [3.63, 3.8) is 0 Å². The number of benzene rings is 1. The van der Waals surface area contributed by atoms with Crippen LogP contribution in [0, 0.1) is 0 Å². The van der Waals surface area contributed by atoms with E-state index in [1.807, 2.05) is 36.9 Å². The van der Waals surface area contributed by atoms with E-state index in [1.54, 1.807) is 13.2 Å². The Hall–Kier alpha value is -1.75. The summed E-state index contributed by atoms with van der Waals surface area (Å²) in [4.78, 5) is 19.9. The number of methoxy groups -OCH3 is 1. The minimum absolute atomic E-state index is 0.0294. The first-order valence-corrected chi connectivity index (χ1v) is 12.3. The summed E-state index contributed by atoms with van der Waals surface area (Å²) >= 11 is 0. The van der Waals surface area contributed by atoms with E-state index in [0.717, 1.165) is 39.4 Å². The molecule has 34 heavy (non-hydrogen) atoms. The summed E-state index contributed by atoms with van der Waals surface area (Å²) in [7, 11) is 1.60. The van der Waals surface area contributed by atoms with Gasteiger partial charge in [-0.25, -0.2) is 0 Å². The predicted octanol–water partition coefficient (Wildman–Crippen LogP) is 0.956. The Kier molecular flexibility index (Phi) is 11.0. The first-order chi connectivity index (χ1) is 16.4. The molecular weight excluding hydrogens is 438 g/mol. The minimum atomic E-state index is -0.544. The molecule has 1 amide bonds. The predicted molar refractivity (Wildman–Crippen MR) is 129 cm³/mol. The van der Waals surface area contributed by atoms with Crippen molar-refractivity contribution in [2.45, 2.75) is 32.2 Å². The molecule has 0 aliphatic carbocycles. The van der Waals surface area contributed by atoms with E-state index in [4.69, 9.17) is 18.9 Å². The molecule has 2 saturated heterocycles. The number of hydrogen-bond acceptors (Lipinski definition) is 8. The molecule has 2 atom stereocenters. The number of amides is 1. The molecule has 9 nitrogen and oxygen atoms in total. The van der Waals surface area contributed by atoms with E-state index in [2.05, 4.69) is 9.80 Å². The standard InChI is InChI=1S/C25H41N3O6/c1-20(2)34-19-22(29)16-27-11-14-33-24(17-27)18-28(8-7-26-9-12-32-13-10-26)25(30)21-5-4-6-23(15-21)31-3/h4-6,15,20,22,24,29H,7-14,16-19H2,1-3H3/t22-,24+/m1/s1. The van der Waals surface area contributed by atoms with Gasteiger partial charge in [-0.05, 0) is 32.0 Å². The second-order valence-corrected chi connectivity index (χ2v) is 9.23. The Balaban J connectivity index is 1.61. The Bertz CT molecular complexity index is 743. The van der Waals surface area contributed by atoms with Gasteiger partial charge in [0.05, 0.1) is 51.8 Å². The summed E-state index contributed by atoms with van der Waals surface area (Å²) in [5.74, 6) is 0.634. The summed E-state index contributed by atoms with van der Waals surface area (Å²) in [6.07, 6.45) is -0.571. The van der Waals surface area contributed by atoms with Crippen LogP contribution in [0.15, 0.2) is 24.3 Å². The second kappa shape index (κ2) is 14.0. The van der Waals surface area contributed by atoms with Crippen LogP contribution in [0.25, 0.3) is 0 Å². The number of carbonyl (C=O) groups is 1. The molecule has 2 aliphatic heterocycles. The zero-order chi connectivity index (χ0) is 24.3. The van der Waals surface area contributed by atoms with Crippen LogP contribution in [0.5, 0.6) is 5.75 Å². The van der Waals surface area contributed by atoms with Crippen molar-refractivity contribution in [2.24, 2.45) is 0 Å². The van der Waals surface area contributed by atoms with Gasteiger partial charge in [-0.3, -0.25) is 14.6 Å². The van der Waals surface area contributed by atoms with Crippen LogP contribution in [0.2, 0.25) is 0 Å². The van der Waals surface area contributed by atoms with Gasteiger partial charge >= 0.3 is 0 Å². The Morgan fingerprint density at radius 1 is 1.21 bits per heavy atom. The van der Waals surface area contributed by atoms with Gasteiger partial charge in [-0.1, -0.05) is 6.07 Å². The van der Waals surface area contributed by atoms with Crippen LogP contribution < -0.4 is 4.74 Å². The highest BCUT2D eigenvalue weighted by Gasteiger charge is 2.27. The number of hydrogen-bond donors (Lipinski definition) is 1. The SMILES string of the molecule is COc1cccc(C(=O)N(CCN2CCOCC2)C[C@@H]2CN(C[C@@H](O)COC(C)C)CCO2)c1. The normalized spacial score (nSPS) is 20.9. The maximum atomic E-state index is 13.5. The lowest BCUT2D eigenvalue weighted by Crippen LogP contribution is -2.52. The Labute approximate surface area is 203 Å². The summed E-state index contributed by atoms with van der Waals surface area (Å²) in [5.41, 5.74) is 0.607. The van der Waals surface area contributed by atoms with Gasteiger partial charge in [0.1, 0.15) is 5.75 Å². The van der Waals surface area contributed by atoms with E-state index in [1.165, 1.54) is 0 Å². The third-order valence-corrected chi connectivity index (χ3v) is 6.13. The first kappa shape index (κ1) is 26.8. The summed E-state index contributed by atoms with van der Waals surface area (Å²) in [6, 6.07) is 7.28. The fraction of sp³-hybridized carbons (Fsp3) is 0.720.